The number of unbranched alkanes of at least 4 members (excludes halogenated alkanes) is 2. The molecule has 0 amide bonds. The van der Waals surface area contributed by atoms with Crippen LogP contribution >= 0.6 is 0 Å². The van der Waals surface area contributed by atoms with Crippen molar-refractivity contribution in [3.63, 3.8) is 0 Å². The molecule has 3 aromatic carbocycles. The number of ether oxygens (including phenoxy) is 1. The molecule has 6 nitrogen and oxygen atoms in total. The molecule has 1 N–H and O–H groups in total. The third-order valence-electron chi connectivity index (χ3n) is 6.33. The number of anilines is 1. The number of hydrogen-bond donors (Lipinski definition) is 1. The zero-order valence-electron chi connectivity index (χ0n) is 21.5. The van der Waals surface area contributed by atoms with Crippen LogP contribution in [0.4, 0.5) is 5.69 Å². The number of sulfonamides is 1. The van der Waals surface area contributed by atoms with Gasteiger partial charge in [0.1, 0.15) is 16.9 Å². The SMILES string of the molecule is CCCCCOC(=O)c1c(C)oc2c1cc(NS(=O)(=O)c1ccc(C(C)(C)C)cc1)c1ccccc12. The highest BCUT2D eigenvalue weighted by atomic mass is 32.2. The van der Waals surface area contributed by atoms with Gasteiger partial charge in [0, 0.05) is 16.2 Å². The number of fused-ring (bicyclic) bond motifs is 3. The predicted molar refractivity (Wildman–Crippen MR) is 144 cm³/mol. The van der Waals surface area contributed by atoms with Gasteiger partial charge in [0.05, 0.1) is 17.2 Å². The zero-order chi connectivity index (χ0) is 26.1. The maximum atomic E-state index is 13.3. The molecule has 1 aromatic heterocycles. The van der Waals surface area contributed by atoms with Gasteiger partial charge in [0.15, 0.2) is 0 Å². The molecule has 0 aliphatic heterocycles. The van der Waals surface area contributed by atoms with Crippen molar-refractivity contribution in [2.75, 3.05) is 11.3 Å². The number of aryl methyl sites for hydroxylation is 1. The molecule has 0 aliphatic carbocycles. The molecular formula is C29H33NO5S. The largest absolute Gasteiger partial charge is 0.462 e. The molecule has 7 heteroatoms. The molecule has 36 heavy (non-hydrogen) atoms. The van der Waals surface area contributed by atoms with Crippen molar-refractivity contribution < 1.29 is 22.4 Å². The molecule has 190 valence electrons. The smallest absolute Gasteiger partial charge is 0.342 e. The summed E-state index contributed by atoms with van der Waals surface area (Å²) in [6, 6.07) is 15.9. The summed E-state index contributed by atoms with van der Waals surface area (Å²) in [5, 5.41) is 1.91. The average Bonchev–Trinajstić information content (AvgIpc) is 3.17. The van der Waals surface area contributed by atoms with Gasteiger partial charge in [-0.2, -0.15) is 0 Å². The first-order chi connectivity index (χ1) is 17.0. The first-order valence-electron chi connectivity index (χ1n) is 12.3. The predicted octanol–water partition coefficient (Wildman–Crippen LogP) is 7.34. The fourth-order valence-corrected chi connectivity index (χ4v) is 5.37. The number of carbonyl (C=O) groups excluding carboxylic acids is 1. The van der Waals surface area contributed by atoms with Gasteiger partial charge in [-0.05, 0) is 42.5 Å². The Morgan fingerprint density at radius 2 is 1.64 bits per heavy atom. The Hall–Kier alpha value is -3.32. The highest BCUT2D eigenvalue weighted by Crippen LogP contribution is 2.38. The van der Waals surface area contributed by atoms with Crippen molar-refractivity contribution in [2.45, 2.75) is 64.2 Å². The summed E-state index contributed by atoms with van der Waals surface area (Å²) in [6.07, 6.45) is 2.80. The van der Waals surface area contributed by atoms with E-state index in [1.807, 2.05) is 36.4 Å². The van der Waals surface area contributed by atoms with Crippen LogP contribution in [0.15, 0.2) is 63.9 Å². The van der Waals surface area contributed by atoms with Crippen LogP contribution in [-0.2, 0) is 20.2 Å². The molecule has 0 aliphatic rings. The zero-order valence-corrected chi connectivity index (χ0v) is 22.3. The summed E-state index contributed by atoms with van der Waals surface area (Å²) in [5.74, 6) is -0.0300. The molecule has 1 heterocycles. The first kappa shape index (κ1) is 25.8. The molecular weight excluding hydrogens is 474 g/mol. The summed E-state index contributed by atoms with van der Waals surface area (Å²) in [6.45, 7) is 10.4. The van der Waals surface area contributed by atoms with Crippen LogP contribution in [0, 0.1) is 6.92 Å². The maximum Gasteiger partial charge on any atom is 0.342 e. The Kier molecular flexibility index (Phi) is 7.14. The summed E-state index contributed by atoms with van der Waals surface area (Å²) < 4.78 is 40.9. The fourth-order valence-electron chi connectivity index (χ4n) is 4.30. The molecule has 4 rings (SSSR count). The number of esters is 1. The number of benzene rings is 3. The van der Waals surface area contributed by atoms with E-state index in [0.717, 1.165) is 24.8 Å². The number of hydrogen-bond acceptors (Lipinski definition) is 5. The lowest BCUT2D eigenvalue weighted by molar-refractivity contribution is 0.0498. The third-order valence-corrected chi connectivity index (χ3v) is 7.71. The quantitative estimate of drug-likeness (QED) is 0.199. The van der Waals surface area contributed by atoms with Crippen LogP contribution in [0.25, 0.3) is 21.7 Å². The van der Waals surface area contributed by atoms with Crippen molar-refractivity contribution >= 4 is 43.4 Å². The van der Waals surface area contributed by atoms with Crippen molar-refractivity contribution in [3.8, 4) is 0 Å². The molecule has 0 fully saturated rings. The van der Waals surface area contributed by atoms with E-state index in [2.05, 4.69) is 32.4 Å². The first-order valence-corrected chi connectivity index (χ1v) is 13.8. The minimum atomic E-state index is -3.88. The van der Waals surface area contributed by atoms with Gasteiger partial charge in [-0.1, -0.05) is 76.9 Å². The van der Waals surface area contributed by atoms with Crippen LogP contribution in [0.5, 0.6) is 0 Å². The lowest BCUT2D eigenvalue weighted by Crippen LogP contribution is -2.15. The Bertz CT molecular complexity index is 1510. The van der Waals surface area contributed by atoms with E-state index in [4.69, 9.17) is 9.15 Å². The third kappa shape index (κ3) is 5.12. The molecule has 0 bridgehead atoms. The fraction of sp³-hybridized carbons (Fsp3) is 0.345. The second-order valence-corrected chi connectivity index (χ2v) is 11.8. The standard InChI is InChI=1S/C29H33NO5S/c1-6-7-10-17-34-28(31)26-19(2)35-27-23-12-9-8-11-22(23)25(18-24(26)27)30-36(32,33)21-15-13-20(14-16-21)29(3,4)5/h8-9,11-16,18,30H,6-7,10,17H2,1-5H3. The van der Waals surface area contributed by atoms with Crippen molar-refractivity contribution in [2.24, 2.45) is 0 Å². The number of carbonyl (C=O) groups is 1. The van der Waals surface area contributed by atoms with Crippen molar-refractivity contribution in [1.29, 1.82) is 0 Å². The molecule has 0 unspecified atom stereocenters. The monoisotopic (exact) mass is 507 g/mol. The summed E-state index contributed by atoms with van der Waals surface area (Å²) in [7, 11) is -3.88. The Balaban J connectivity index is 1.77. The van der Waals surface area contributed by atoms with Gasteiger partial charge in [0.2, 0.25) is 0 Å². The van der Waals surface area contributed by atoms with E-state index in [-0.39, 0.29) is 10.3 Å². The second kappa shape index (κ2) is 9.97. The van der Waals surface area contributed by atoms with E-state index in [1.54, 1.807) is 25.1 Å². The van der Waals surface area contributed by atoms with Gasteiger partial charge in [-0.3, -0.25) is 4.72 Å². The van der Waals surface area contributed by atoms with Crippen LogP contribution in [0.1, 0.15) is 68.6 Å². The normalized spacial score (nSPS) is 12.2. The number of rotatable bonds is 8. The highest BCUT2D eigenvalue weighted by molar-refractivity contribution is 7.92. The number of furan rings is 1. The van der Waals surface area contributed by atoms with Crippen LogP contribution < -0.4 is 4.72 Å². The van der Waals surface area contributed by atoms with Gasteiger partial charge in [-0.15, -0.1) is 0 Å². The van der Waals surface area contributed by atoms with Gasteiger partial charge < -0.3 is 9.15 Å². The van der Waals surface area contributed by atoms with Gasteiger partial charge in [-0.25, -0.2) is 13.2 Å². The summed E-state index contributed by atoms with van der Waals surface area (Å²) >= 11 is 0. The van der Waals surface area contributed by atoms with Crippen LogP contribution in [0.2, 0.25) is 0 Å². The molecule has 0 saturated carbocycles. The topological polar surface area (TPSA) is 85.6 Å². The van der Waals surface area contributed by atoms with Crippen molar-refractivity contribution in [3.05, 3.63) is 71.5 Å². The minimum Gasteiger partial charge on any atom is -0.462 e. The molecule has 0 atom stereocenters. The van der Waals surface area contributed by atoms with Crippen LogP contribution in [0.3, 0.4) is 0 Å². The summed E-state index contributed by atoms with van der Waals surface area (Å²) in [5.41, 5.74) is 2.18. The summed E-state index contributed by atoms with van der Waals surface area (Å²) in [4.78, 5) is 13.1. The lowest BCUT2D eigenvalue weighted by Gasteiger charge is -2.19. The number of nitrogens with one attached hydrogen (secondary N) is 1. The Morgan fingerprint density at radius 3 is 2.28 bits per heavy atom. The molecule has 0 spiro atoms. The Morgan fingerprint density at radius 1 is 0.972 bits per heavy atom. The van der Waals surface area contributed by atoms with Crippen LogP contribution in [-0.4, -0.2) is 21.0 Å². The van der Waals surface area contributed by atoms with E-state index < -0.39 is 16.0 Å². The van der Waals surface area contributed by atoms with E-state index in [1.165, 1.54) is 0 Å². The van der Waals surface area contributed by atoms with E-state index in [9.17, 15) is 13.2 Å². The molecule has 0 radical (unpaired) electrons. The second-order valence-electron chi connectivity index (χ2n) is 10.1. The van der Waals surface area contributed by atoms with Crippen molar-refractivity contribution in [1.82, 2.24) is 0 Å². The van der Waals surface area contributed by atoms with Gasteiger partial charge >= 0.3 is 5.97 Å². The molecule has 0 saturated heterocycles. The average molecular weight is 508 g/mol. The maximum absolute atomic E-state index is 13.3. The van der Waals surface area contributed by atoms with E-state index in [0.29, 0.717) is 45.4 Å². The van der Waals surface area contributed by atoms with E-state index >= 15 is 0 Å². The lowest BCUT2D eigenvalue weighted by atomic mass is 9.87. The molecule has 4 aromatic rings. The van der Waals surface area contributed by atoms with Gasteiger partial charge in [0.25, 0.3) is 10.0 Å². The highest BCUT2D eigenvalue weighted by Gasteiger charge is 2.24. The minimum absolute atomic E-state index is 0.0857. The Labute approximate surface area is 212 Å².